The Morgan fingerprint density at radius 3 is 2.67 bits per heavy atom. The highest BCUT2D eigenvalue weighted by Crippen LogP contribution is 2.23. The molecule has 0 spiro atoms. The van der Waals surface area contributed by atoms with E-state index in [2.05, 4.69) is 16.0 Å². The van der Waals surface area contributed by atoms with Gasteiger partial charge >= 0.3 is 6.09 Å². The summed E-state index contributed by atoms with van der Waals surface area (Å²) in [4.78, 5) is 47.1. The Balaban J connectivity index is 1.60. The number of benzene rings is 1. The Bertz CT molecular complexity index is 800. The van der Waals surface area contributed by atoms with Gasteiger partial charge in [0.1, 0.15) is 11.9 Å². The number of amides is 4. The van der Waals surface area contributed by atoms with Gasteiger partial charge in [0, 0.05) is 25.2 Å². The normalized spacial score (nSPS) is 22.3. The Labute approximate surface area is 153 Å². The average Bonchev–Trinajstić information content (AvgIpc) is 3.10. The zero-order chi connectivity index (χ0) is 19.6. The molecule has 3 rings (SSSR count). The van der Waals surface area contributed by atoms with E-state index < -0.39 is 35.7 Å². The van der Waals surface area contributed by atoms with Gasteiger partial charge in [-0.3, -0.25) is 19.7 Å². The van der Waals surface area contributed by atoms with Crippen molar-refractivity contribution in [1.82, 2.24) is 10.2 Å². The molecule has 2 aliphatic rings. The summed E-state index contributed by atoms with van der Waals surface area (Å²) in [5.74, 6) is -2.46. The molecule has 2 heterocycles. The summed E-state index contributed by atoms with van der Waals surface area (Å²) in [5, 5.41) is 16.5. The molecule has 2 saturated heterocycles. The standard InChI is InChI=1S/C17H19FN4O5/c18-11-7-10(19-13-3-4-14(23)21-16(13)25)1-2-12(11)20-15(24)9-5-6-22(8-9)17(26)27/h1-2,7,9,13,19H,3-6,8H2,(H,20,24)(H,26,27)(H,21,23,25)/t9-,13?/m0/s1. The third-order valence-electron chi connectivity index (χ3n) is 4.64. The van der Waals surface area contributed by atoms with E-state index in [0.29, 0.717) is 18.5 Å². The quantitative estimate of drug-likeness (QED) is 0.579. The molecule has 1 aromatic rings. The van der Waals surface area contributed by atoms with Crippen molar-refractivity contribution >= 4 is 35.2 Å². The number of piperidine rings is 1. The highest BCUT2D eigenvalue weighted by molar-refractivity contribution is 6.01. The maximum Gasteiger partial charge on any atom is 0.407 e. The average molecular weight is 378 g/mol. The molecule has 0 radical (unpaired) electrons. The SMILES string of the molecule is O=C1CCC(Nc2ccc(NC(=O)[C@H]3CCN(C(=O)O)C3)c(F)c2)C(=O)N1. The van der Waals surface area contributed by atoms with Crippen molar-refractivity contribution in [3.8, 4) is 0 Å². The fraction of sp³-hybridized carbons (Fsp3) is 0.412. The number of nitrogens with zero attached hydrogens (tertiary/aromatic N) is 1. The molecule has 2 aliphatic heterocycles. The van der Waals surface area contributed by atoms with Crippen molar-refractivity contribution in [2.45, 2.75) is 25.3 Å². The molecule has 9 nitrogen and oxygen atoms in total. The summed E-state index contributed by atoms with van der Waals surface area (Å²) in [5.41, 5.74) is 0.320. The van der Waals surface area contributed by atoms with Crippen molar-refractivity contribution < 1.29 is 28.7 Å². The van der Waals surface area contributed by atoms with Crippen molar-refractivity contribution in [3.05, 3.63) is 24.0 Å². The molecule has 0 saturated carbocycles. The van der Waals surface area contributed by atoms with E-state index in [-0.39, 0.29) is 31.1 Å². The molecule has 1 aromatic carbocycles. The molecule has 0 aliphatic carbocycles. The van der Waals surface area contributed by atoms with Crippen LogP contribution in [-0.2, 0) is 14.4 Å². The van der Waals surface area contributed by atoms with E-state index in [4.69, 9.17) is 5.11 Å². The second-order valence-electron chi connectivity index (χ2n) is 6.55. The summed E-state index contributed by atoms with van der Waals surface area (Å²) in [6.07, 6.45) is -0.184. The monoisotopic (exact) mass is 378 g/mol. The number of anilines is 2. The van der Waals surface area contributed by atoms with Crippen molar-refractivity contribution in [1.29, 1.82) is 0 Å². The topological polar surface area (TPSA) is 128 Å². The second kappa shape index (κ2) is 7.60. The zero-order valence-electron chi connectivity index (χ0n) is 14.3. The van der Waals surface area contributed by atoms with Crippen LogP contribution in [0.25, 0.3) is 0 Å². The number of carbonyl (C=O) groups excluding carboxylic acids is 3. The number of hydrogen-bond donors (Lipinski definition) is 4. The number of rotatable bonds is 4. The first-order valence-electron chi connectivity index (χ1n) is 8.52. The van der Waals surface area contributed by atoms with Crippen LogP contribution in [0.5, 0.6) is 0 Å². The number of hydrogen-bond acceptors (Lipinski definition) is 5. The zero-order valence-corrected chi connectivity index (χ0v) is 14.3. The molecule has 10 heteroatoms. The molecule has 1 unspecified atom stereocenters. The minimum absolute atomic E-state index is 0.0254. The molecular weight excluding hydrogens is 359 g/mol. The van der Waals surface area contributed by atoms with Crippen LogP contribution in [0.15, 0.2) is 18.2 Å². The highest BCUT2D eigenvalue weighted by atomic mass is 19.1. The molecule has 0 bridgehead atoms. The molecule has 144 valence electrons. The number of halogens is 1. The summed E-state index contributed by atoms with van der Waals surface area (Å²) in [7, 11) is 0. The van der Waals surface area contributed by atoms with E-state index in [9.17, 15) is 23.6 Å². The Hall–Kier alpha value is -3.17. The molecule has 0 aromatic heterocycles. The number of imide groups is 1. The number of likely N-dealkylation sites (tertiary alicyclic amines) is 1. The smallest absolute Gasteiger partial charge is 0.407 e. The first-order chi connectivity index (χ1) is 12.8. The van der Waals surface area contributed by atoms with Crippen LogP contribution in [0.2, 0.25) is 0 Å². The van der Waals surface area contributed by atoms with E-state index in [1.165, 1.54) is 12.1 Å². The van der Waals surface area contributed by atoms with Crippen molar-refractivity contribution in [2.75, 3.05) is 23.7 Å². The highest BCUT2D eigenvalue weighted by Gasteiger charge is 2.31. The lowest BCUT2D eigenvalue weighted by molar-refractivity contribution is -0.133. The van der Waals surface area contributed by atoms with Gasteiger partial charge in [0.2, 0.25) is 17.7 Å². The van der Waals surface area contributed by atoms with Gasteiger partial charge in [-0.15, -0.1) is 0 Å². The summed E-state index contributed by atoms with van der Waals surface area (Å²) < 4.78 is 14.3. The number of carboxylic acid groups (broad SMARTS) is 1. The predicted octanol–water partition coefficient (Wildman–Crippen LogP) is 0.981. The van der Waals surface area contributed by atoms with Gasteiger partial charge in [-0.1, -0.05) is 0 Å². The van der Waals surface area contributed by atoms with E-state index in [1.807, 2.05) is 0 Å². The number of carbonyl (C=O) groups is 4. The second-order valence-corrected chi connectivity index (χ2v) is 6.55. The maximum absolute atomic E-state index is 14.3. The molecule has 2 atom stereocenters. The lowest BCUT2D eigenvalue weighted by Gasteiger charge is -2.23. The van der Waals surface area contributed by atoms with Gasteiger partial charge in [0.05, 0.1) is 11.6 Å². The van der Waals surface area contributed by atoms with Gasteiger partial charge in [-0.05, 0) is 31.0 Å². The van der Waals surface area contributed by atoms with E-state index >= 15 is 0 Å². The van der Waals surface area contributed by atoms with Crippen LogP contribution in [0.4, 0.5) is 20.6 Å². The van der Waals surface area contributed by atoms with Crippen molar-refractivity contribution in [2.24, 2.45) is 5.92 Å². The van der Waals surface area contributed by atoms with Crippen LogP contribution in [0.1, 0.15) is 19.3 Å². The van der Waals surface area contributed by atoms with Gasteiger partial charge in [0.15, 0.2) is 0 Å². The largest absolute Gasteiger partial charge is 0.465 e. The summed E-state index contributed by atoms with van der Waals surface area (Å²) in [6, 6.07) is 3.40. The summed E-state index contributed by atoms with van der Waals surface area (Å²) >= 11 is 0. The molecule has 4 N–H and O–H groups in total. The van der Waals surface area contributed by atoms with Crippen molar-refractivity contribution in [3.63, 3.8) is 0 Å². The van der Waals surface area contributed by atoms with Crippen LogP contribution in [-0.4, -0.2) is 53.0 Å². The minimum atomic E-state index is -1.08. The third-order valence-corrected chi connectivity index (χ3v) is 4.64. The lowest BCUT2D eigenvalue weighted by atomic mass is 10.1. The lowest BCUT2D eigenvalue weighted by Crippen LogP contribution is -2.47. The fourth-order valence-corrected chi connectivity index (χ4v) is 3.12. The predicted molar refractivity (Wildman–Crippen MR) is 92.5 cm³/mol. The first-order valence-corrected chi connectivity index (χ1v) is 8.52. The van der Waals surface area contributed by atoms with Crippen LogP contribution in [0.3, 0.4) is 0 Å². The van der Waals surface area contributed by atoms with Crippen LogP contribution < -0.4 is 16.0 Å². The molecule has 4 amide bonds. The minimum Gasteiger partial charge on any atom is -0.465 e. The molecular formula is C17H19FN4O5. The third kappa shape index (κ3) is 4.33. The van der Waals surface area contributed by atoms with Gasteiger partial charge < -0.3 is 20.6 Å². The van der Waals surface area contributed by atoms with Gasteiger partial charge in [-0.2, -0.15) is 0 Å². The van der Waals surface area contributed by atoms with Gasteiger partial charge in [-0.25, -0.2) is 9.18 Å². The summed E-state index contributed by atoms with van der Waals surface area (Å²) in [6.45, 7) is 0.350. The Kier molecular flexibility index (Phi) is 5.24. The van der Waals surface area contributed by atoms with Gasteiger partial charge in [0.25, 0.3) is 0 Å². The van der Waals surface area contributed by atoms with E-state index in [0.717, 1.165) is 11.0 Å². The molecule has 27 heavy (non-hydrogen) atoms. The Morgan fingerprint density at radius 2 is 2.04 bits per heavy atom. The van der Waals surface area contributed by atoms with Crippen LogP contribution >= 0.6 is 0 Å². The van der Waals surface area contributed by atoms with Crippen LogP contribution in [0, 0.1) is 11.7 Å². The maximum atomic E-state index is 14.3. The Morgan fingerprint density at radius 1 is 1.26 bits per heavy atom. The number of nitrogens with one attached hydrogen (secondary N) is 3. The molecule has 2 fully saturated rings. The fourth-order valence-electron chi connectivity index (χ4n) is 3.12. The first kappa shape index (κ1) is 18.6. The van der Waals surface area contributed by atoms with E-state index in [1.54, 1.807) is 0 Å².